The second-order valence-corrected chi connectivity index (χ2v) is 4.97. The fourth-order valence-corrected chi connectivity index (χ4v) is 1.60. The summed E-state index contributed by atoms with van der Waals surface area (Å²) in [7, 11) is 0. The molecule has 0 heterocycles. The second-order valence-electron chi connectivity index (χ2n) is 4.97. The Balaban J connectivity index is 1.79. The molecule has 0 bridgehead atoms. The number of hydrogen-bond donors (Lipinski definition) is 1. The molecule has 1 saturated carbocycles. The van der Waals surface area contributed by atoms with Gasteiger partial charge in [0.1, 0.15) is 0 Å². The summed E-state index contributed by atoms with van der Waals surface area (Å²) < 4.78 is 11.1. The third kappa shape index (κ3) is 8.08. The van der Waals surface area contributed by atoms with E-state index in [1.165, 1.54) is 19.3 Å². The van der Waals surface area contributed by atoms with Gasteiger partial charge in [0.25, 0.3) is 0 Å². The lowest BCUT2D eigenvalue weighted by Gasteiger charge is -2.14. The number of ether oxygens (including phenoxy) is 2. The quantitative estimate of drug-likeness (QED) is 0.583. The third-order valence-corrected chi connectivity index (χ3v) is 2.73. The molecule has 0 amide bonds. The molecule has 0 spiro atoms. The van der Waals surface area contributed by atoms with Crippen molar-refractivity contribution in [3.05, 3.63) is 0 Å². The fraction of sp³-hybridized carbons (Fsp3) is 1.00. The first-order valence-electron chi connectivity index (χ1n) is 6.65. The summed E-state index contributed by atoms with van der Waals surface area (Å²) >= 11 is 0. The van der Waals surface area contributed by atoms with Crippen LogP contribution >= 0.6 is 0 Å². The van der Waals surface area contributed by atoms with Gasteiger partial charge in [0.15, 0.2) is 0 Å². The van der Waals surface area contributed by atoms with E-state index in [-0.39, 0.29) is 0 Å². The highest BCUT2D eigenvalue weighted by atomic mass is 16.5. The van der Waals surface area contributed by atoms with Crippen molar-refractivity contribution in [3.63, 3.8) is 0 Å². The van der Waals surface area contributed by atoms with Crippen molar-refractivity contribution in [2.24, 2.45) is 0 Å². The van der Waals surface area contributed by atoms with Crippen LogP contribution in [0.2, 0.25) is 0 Å². The van der Waals surface area contributed by atoms with Gasteiger partial charge in [-0.3, -0.25) is 0 Å². The summed E-state index contributed by atoms with van der Waals surface area (Å²) in [6.07, 6.45) is 5.76. The lowest BCUT2D eigenvalue weighted by molar-refractivity contribution is -0.00934. The minimum atomic E-state index is 0.307. The van der Waals surface area contributed by atoms with Crippen LogP contribution in [0.5, 0.6) is 0 Å². The van der Waals surface area contributed by atoms with Crippen LogP contribution in [-0.2, 0) is 9.47 Å². The summed E-state index contributed by atoms with van der Waals surface area (Å²) in [6.45, 7) is 8.81. The molecule has 0 aromatic carbocycles. The number of rotatable bonds is 10. The minimum Gasteiger partial charge on any atom is -0.376 e. The van der Waals surface area contributed by atoms with Crippen molar-refractivity contribution in [1.29, 1.82) is 0 Å². The Hall–Kier alpha value is -0.120. The molecular weight excluding hydrogens is 202 g/mol. The van der Waals surface area contributed by atoms with E-state index in [0.29, 0.717) is 18.8 Å². The monoisotopic (exact) mass is 229 g/mol. The SMILES string of the molecule is CC(C)OCCOC(C)CCCNC1CC1. The average molecular weight is 229 g/mol. The first kappa shape index (κ1) is 13.9. The zero-order valence-electron chi connectivity index (χ0n) is 11.0. The Morgan fingerprint density at radius 2 is 1.81 bits per heavy atom. The molecule has 1 N–H and O–H groups in total. The Labute approximate surface area is 99.9 Å². The molecule has 0 aromatic rings. The highest BCUT2D eigenvalue weighted by Gasteiger charge is 2.19. The van der Waals surface area contributed by atoms with Gasteiger partial charge in [-0.2, -0.15) is 0 Å². The van der Waals surface area contributed by atoms with E-state index in [4.69, 9.17) is 9.47 Å². The Bertz CT molecular complexity index is 159. The zero-order chi connectivity index (χ0) is 11.8. The lowest BCUT2D eigenvalue weighted by Crippen LogP contribution is -2.20. The first-order valence-corrected chi connectivity index (χ1v) is 6.65. The van der Waals surface area contributed by atoms with E-state index in [9.17, 15) is 0 Å². The number of nitrogens with one attached hydrogen (secondary N) is 1. The minimum absolute atomic E-state index is 0.307. The summed E-state index contributed by atoms with van der Waals surface area (Å²) in [4.78, 5) is 0. The number of hydrogen-bond acceptors (Lipinski definition) is 3. The zero-order valence-corrected chi connectivity index (χ0v) is 11.0. The maximum Gasteiger partial charge on any atom is 0.0704 e. The first-order chi connectivity index (χ1) is 7.68. The summed E-state index contributed by atoms with van der Waals surface area (Å²) in [6, 6.07) is 0.829. The maximum absolute atomic E-state index is 5.66. The molecule has 1 atom stereocenters. The lowest BCUT2D eigenvalue weighted by atomic mass is 10.2. The van der Waals surface area contributed by atoms with E-state index in [1.807, 2.05) is 13.8 Å². The van der Waals surface area contributed by atoms with E-state index in [0.717, 1.165) is 25.6 Å². The average Bonchev–Trinajstić information content (AvgIpc) is 3.03. The van der Waals surface area contributed by atoms with Crippen LogP contribution in [0.3, 0.4) is 0 Å². The van der Waals surface area contributed by atoms with Crippen LogP contribution < -0.4 is 5.32 Å². The van der Waals surface area contributed by atoms with Crippen LogP contribution in [0.15, 0.2) is 0 Å². The van der Waals surface area contributed by atoms with Gasteiger partial charge in [0.2, 0.25) is 0 Å². The molecule has 1 fully saturated rings. The van der Waals surface area contributed by atoms with Gasteiger partial charge in [-0.05, 0) is 53.0 Å². The highest BCUT2D eigenvalue weighted by Crippen LogP contribution is 2.18. The highest BCUT2D eigenvalue weighted by molar-refractivity contribution is 4.80. The van der Waals surface area contributed by atoms with Crippen molar-refractivity contribution in [3.8, 4) is 0 Å². The van der Waals surface area contributed by atoms with E-state index in [1.54, 1.807) is 0 Å². The van der Waals surface area contributed by atoms with Gasteiger partial charge < -0.3 is 14.8 Å². The molecule has 0 aromatic heterocycles. The Morgan fingerprint density at radius 1 is 1.12 bits per heavy atom. The predicted molar refractivity (Wildman–Crippen MR) is 66.8 cm³/mol. The van der Waals surface area contributed by atoms with Gasteiger partial charge >= 0.3 is 0 Å². The smallest absolute Gasteiger partial charge is 0.0704 e. The van der Waals surface area contributed by atoms with Gasteiger partial charge in [0, 0.05) is 6.04 Å². The van der Waals surface area contributed by atoms with Crippen LogP contribution in [0.1, 0.15) is 46.5 Å². The van der Waals surface area contributed by atoms with E-state index >= 15 is 0 Å². The van der Waals surface area contributed by atoms with Crippen molar-refractivity contribution >= 4 is 0 Å². The molecular formula is C13H27NO2. The van der Waals surface area contributed by atoms with E-state index < -0.39 is 0 Å². The Morgan fingerprint density at radius 3 is 2.44 bits per heavy atom. The van der Waals surface area contributed by atoms with Gasteiger partial charge in [-0.1, -0.05) is 0 Å². The third-order valence-electron chi connectivity index (χ3n) is 2.73. The molecule has 1 rings (SSSR count). The second kappa shape index (κ2) is 8.04. The summed E-state index contributed by atoms with van der Waals surface area (Å²) in [5, 5.41) is 3.51. The van der Waals surface area contributed by atoms with Crippen molar-refractivity contribution in [1.82, 2.24) is 5.32 Å². The molecule has 3 heteroatoms. The topological polar surface area (TPSA) is 30.5 Å². The molecule has 0 saturated heterocycles. The largest absolute Gasteiger partial charge is 0.376 e. The molecule has 16 heavy (non-hydrogen) atoms. The Kier molecular flexibility index (Phi) is 7.01. The molecule has 1 aliphatic carbocycles. The van der Waals surface area contributed by atoms with Crippen molar-refractivity contribution < 1.29 is 9.47 Å². The molecule has 96 valence electrons. The van der Waals surface area contributed by atoms with Gasteiger partial charge in [0.05, 0.1) is 25.4 Å². The molecule has 3 nitrogen and oxygen atoms in total. The van der Waals surface area contributed by atoms with E-state index in [2.05, 4.69) is 12.2 Å². The molecule has 0 radical (unpaired) electrons. The summed E-state index contributed by atoms with van der Waals surface area (Å²) in [5.74, 6) is 0. The van der Waals surface area contributed by atoms with Crippen LogP contribution in [0.25, 0.3) is 0 Å². The van der Waals surface area contributed by atoms with Crippen LogP contribution in [0.4, 0.5) is 0 Å². The van der Waals surface area contributed by atoms with Crippen LogP contribution in [0, 0.1) is 0 Å². The standard InChI is InChI=1S/C13H27NO2/c1-11(2)15-9-10-16-12(3)5-4-8-14-13-6-7-13/h11-14H,4-10H2,1-3H3. The van der Waals surface area contributed by atoms with Crippen molar-refractivity contribution in [2.75, 3.05) is 19.8 Å². The van der Waals surface area contributed by atoms with Crippen molar-refractivity contribution in [2.45, 2.75) is 64.7 Å². The molecule has 1 aliphatic rings. The molecule has 1 unspecified atom stereocenters. The van der Waals surface area contributed by atoms with Crippen LogP contribution in [-0.4, -0.2) is 38.0 Å². The fourth-order valence-electron chi connectivity index (χ4n) is 1.60. The normalized spacial score (nSPS) is 18.0. The van der Waals surface area contributed by atoms with Gasteiger partial charge in [-0.25, -0.2) is 0 Å². The summed E-state index contributed by atoms with van der Waals surface area (Å²) in [5.41, 5.74) is 0. The molecule has 0 aliphatic heterocycles. The maximum atomic E-state index is 5.66. The van der Waals surface area contributed by atoms with Gasteiger partial charge in [-0.15, -0.1) is 0 Å². The predicted octanol–water partition coefficient (Wildman–Crippen LogP) is 2.35.